The second-order valence-electron chi connectivity index (χ2n) is 6.60. The van der Waals surface area contributed by atoms with E-state index in [0.717, 1.165) is 11.1 Å². The van der Waals surface area contributed by atoms with Gasteiger partial charge >= 0.3 is 0 Å². The van der Waals surface area contributed by atoms with E-state index in [1.807, 2.05) is 32.0 Å². The van der Waals surface area contributed by atoms with Crippen LogP contribution in [0.4, 0.5) is 5.69 Å². The lowest BCUT2D eigenvalue weighted by molar-refractivity contribution is -0.124. The van der Waals surface area contributed by atoms with Gasteiger partial charge in [0.2, 0.25) is 17.6 Å². The Hall–Kier alpha value is -3.55. The molecular formula is C22H27N3O5. The van der Waals surface area contributed by atoms with Crippen molar-refractivity contribution >= 4 is 23.7 Å². The van der Waals surface area contributed by atoms with Gasteiger partial charge in [-0.3, -0.25) is 9.59 Å². The molecule has 0 saturated heterocycles. The third kappa shape index (κ3) is 6.23. The Bertz CT molecular complexity index is 915. The molecule has 2 amide bonds. The normalized spacial score (nSPS) is 10.6. The monoisotopic (exact) mass is 413 g/mol. The van der Waals surface area contributed by atoms with Gasteiger partial charge < -0.3 is 19.5 Å². The van der Waals surface area contributed by atoms with Crippen LogP contribution in [0.3, 0.4) is 0 Å². The molecule has 0 heterocycles. The standard InChI is InChI=1S/C22H27N3O5/c1-14-6-7-17(10-15(14)2)24-20(26)8-9-21(27)25-23-13-16-11-18(28-3)22(30-5)19(12-16)29-4/h6-7,10-13H,8-9H2,1-5H3,(H,24,26)(H,25,27)/b23-13+. The Morgan fingerprint density at radius 1 is 0.900 bits per heavy atom. The predicted octanol–water partition coefficient (Wildman–Crippen LogP) is 3.20. The summed E-state index contributed by atoms with van der Waals surface area (Å²) in [6, 6.07) is 9.08. The lowest BCUT2D eigenvalue weighted by Gasteiger charge is -2.12. The Morgan fingerprint density at radius 3 is 2.10 bits per heavy atom. The molecular weight excluding hydrogens is 386 g/mol. The Morgan fingerprint density at radius 2 is 1.53 bits per heavy atom. The van der Waals surface area contributed by atoms with Crippen molar-refractivity contribution in [2.45, 2.75) is 26.7 Å². The lowest BCUT2D eigenvalue weighted by atomic mass is 10.1. The highest BCUT2D eigenvalue weighted by atomic mass is 16.5. The highest BCUT2D eigenvalue weighted by Crippen LogP contribution is 2.37. The SMILES string of the molecule is COc1cc(/C=N/NC(=O)CCC(=O)Nc2ccc(C)c(C)c2)cc(OC)c1OC. The first-order chi connectivity index (χ1) is 14.4. The number of nitrogens with zero attached hydrogens (tertiary/aromatic N) is 1. The second-order valence-corrected chi connectivity index (χ2v) is 6.60. The van der Waals surface area contributed by atoms with Crippen molar-refractivity contribution < 1.29 is 23.8 Å². The van der Waals surface area contributed by atoms with Crippen LogP contribution in [0.5, 0.6) is 17.2 Å². The molecule has 0 aliphatic carbocycles. The van der Waals surface area contributed by atoms with Gasteiger partial charge in [-0.05, 0) is 49.2 Å². The molecule has 0 saturated carbocycles. The molecule has 160 valence electrons. The molecule has 2 rings (SSSR count). The van der Waals surface area contributed by atoms with E-state index >= 15 is 0 Å². The number of amides is 2. The first-order valence-electron chi connectivity index (χ1n) is 9.37. The van der Waals surface area contributed by atoms with E-state index in [4.69, 9.17) is 14.2 Å². The van der Waals surface area contributed by atoms with E-state index < -0.39 is 0 Å². The molecule has 0 fully saturated rings. The largest absolute Gasteiger partial charge is 0.493 e. The first kappa shape index (κ1) is 22.7. The molecule has 0 aliphatic rings. The van der Waals surface area contributed by atoms with Gasteiger partial charge in [0, 0.05) is 24.1 Å². The minimum atomic E-state index is -0.367. The van der Waals surface area contributed by atoms with Crippen LogP contribution in [0, 0.1) is 13.8 Å². The van der Waals surface area contributed by atoms with E-state index in [1.54, 1.807) is 12.1 Å². The van der Waals surface area contributed by atoms with Gasteiger partial charge in [0.15, 0.2) is 11.5 Å². The average molecular weight is 413 g/mol. The molecule has 2 N–H and O–H groups in total. The molecule has 0 atom stereocenters. The summed E-state index contributed by atoms with van der Waals surface area (Å²) in [7, 11) is 4.55. The smallest absolute Gasteiger partial charge is 0.240 e. The maximum absolute atomic E-state index is 12.0. The molecule has 8 heteroatoms. The van der Waals surface area contributed by atoms with Gasteiger partial charge in [-0.25, -0.2) is 5.43 Å². The van der Waals surface area contributed by atoms with Gasteiger partial charge in [-0.1, -0.05) is 6.07 Å². The van der Waals surface area contributed by atoms with Gasteiger partial charge in [0.1, 0.15) is 0 Å². The Kier molecular flexibility index (Phi) is 8.22. The first-order valence-corrected chi connectivity index (χ1v) is 9.37. The van der Waals surface area contributed by atoms with Crippen LogP contribution in [0.25, 0.3) is 0 Å². The van der Waals surface area contributed by atoms with Crippen molar-refractivity contribution in [1.82, 2.24) is 5.43 Å². The van der Waals surface area contributed by atoms with Crippen molar-refractivity contribution in [3.63, 3.8) is 0 Å². The van der Waals surface area contributed by atoms with Gasteiger partial charge in [0.05, 0.1) is 27.5 Å². The van der Waals surface area contributed by atoms with Crippen molar-refractivity contribution in [2.75, 3.05) is 26.6 Å². The molecule has 0 aromatic heterocycles. The number of hydrogen-bond donors (Lipinski definition) is 2. The summed E-state index contributed by atoms with van der Waals surface area (Å²) < 4.78 is 15.8. The molecule has 2 aromatic rings. The van der Waals surface area contributed by atoms with E-state index in [1.165, 1.54) is 27.5 Å². The van der Waals surface area contributed by atoms with Crippen molar-refractivity contribution in [1.29, 1.82) is 0 Å². The predicted molar refractivity (Wildman–Crippen MR) is 116 cm³/mol. The number of rotatable bonds is 9. The number of ether oxygens (including phenoxy) is 3. The summed E-state index contributed by atoms with van der Waals surface area (Å²) >= 11 is 0. The van der Waals surface area contributed by atoms with Crippen LogP contribution in [0.15, 0.2) is 35.4 Å². The van der Waals surface area contributed by atoms with Crippen LogP contribution in [-0.2, 0) is 9.59 Å². The third-order valence-corrected chi connectivity index (χ3v) is 4.46. The summed E-state index contributed by atoms with van der Waals surface area (Å²) in [5, 5.41) is 6.71. The fourth-order valence-electron chi connectivity index (χ4n) is 2.68. The van der Waals surface area contributed by atoms with Crippen LogP contribution in [0.1, 0.15) is 29.5 Å². The van der Waals surface area contributed by atoms with Crippen molar-refractivity contribution in [3.05, 3.63) is 47.0 Å². The molecule has 30 heavy (non-hydrogen) atoms. The molecule has 0 radical (unpaired) electrons. The average Bonchev–Trinajstić information content (AvgIpc) is 2.74. The molecule has 0 spiro atoms. The zero-order valence-corrected chi connectivity index (χ0v) is 17.9. The maximum Gasteiger partial charge on any atom is 0.240 e. The van der Waals surface area contributed by atoms with Crippen LogP contribution < -0.4 is 25.0 Å². The van der Waals surface area contributed by atoms with E-state index in [0.29, 0.717) is 28.5 Å². The molecule has 8 nitrogen and oxygen atoms in total. The highest BCUT2D eigenvalue weighted by molar-refractivity contribution is 5.93. The zero-order chi connectivity index (χ0) is 22.1. The fourth-order valence-corrected chi connectivity index (χ4v) is 2.68. The van der Waals surface area contributed by atoms with Gasteiger partial charge in [0.25, 0.3) is 0 Å². The molecule has 2 aromatic carbocycles. The number of nitrogens with one attached hydrogen (secondary N) is 2. The minimum absolute atomic E-state index is 0.0171. The summed E-state index contributed by atoms with van der Waals surface area (Å²) in [5.41, 5.74) is 6.01. The quantitative estimate of drug-likeness (QED) is 0.486. The number of methoxy groups -OCH3 is 3. The van der Waals surface area contributed by atoms with Crippen molar-refractivity contribution in [3.8, 4) is 17.2 Å². The summed E-state index contributed by atoms with van der Waals surface area (Å²) in [6.45, 7) is 3.98. The summed E-state index contributed by atoms with van der Waals surface area (Å²) in [4.78, 5) is 24.0. The van der Waals surface area contributed by atoms with Gasteiger partial charge in [-0.2, -0.15) is 5.10 Å². The van der Waals surface area contributed by atoms with Crippen LogP contribution in [-0.4, -0.2) is 39.4 Å². The molecule has 0 unspecified atom stereocenters. The second kappa shape index (κ2) is 10.8. The van der Waals surface area contributed by atoms with Crippen molar-refractivity contribution in [2.24, 2.45) is 5.10 Å². The number of aryl methyl sites for hydroxylation is 2. The third-order valence-electron chi connectivity index (χ3n) is 4.46. The summed E-state index contributed by atoms with van der Waals surface area (Å²) in [5.74, 6) is 0.826. The summed E-state index contributed by atoms with van der Waals surface area (Å²) in [6.07, 6.45) is 1.53. The fraction of sp³-hybridized carbons (Fsp3) is 0.318. The number of carbonyl (C=O) groups is 2. The Labute approximate surface area is 176 Å². The van der Waals surface area contributed by atoms with Gasteiger partial charge in [-0.15, -0.1) is 0 Å². The number of hydrogen-bond acceptors (Lipinski definition) is 6. The maximum atomic E-state index is 12.0. The molecule has 0 aliphatic heterocycles. The zero-order valence-electron chi connectivity index (χ0n) is 17.9. The van der Waals surface area contributed by atoms with E-state index in [2.05, 4.69) is 15.8 Å². The highest BCUT2D eigenvalue weighted by Gasteiger charge is 2.12. The van der Waals surface area contributed by atoms with Crippen LogP contribution in [0.2, 0.25) is 0 Å². The number of carbonyl (C=O) groups excluding carboxylic acids is 2. The number of hydrazone groups is 1. The minimum Gasteiger partial charge on any atom is -0.493 e. The topological polar surface area (TPSA) is 98.2 Å². The van der Waals surface area contributed by atoms with Crippen LogP contribution >= 0.6 is 0 Å². The lowest BCUT2D eigenvalue weighted by Crippen LogP contribution is -2.20. The Balaban J connectivity index is 1.87. The van der Waals surface area contributed by atoms with E-state index in [-0.39, 0.29) is 24.7 Å². The molecule has 0 bridgehead atoms. The number of benzene rings is 2. The van der Waals surface area contributed by atoms with E-state index in [9.17, 15) is 9.59 Å². The number of anilines is 1.